The first kappa shape index (κ1) is 10.4. The van der Waals surface area contributed by atoms with E-state index >= 15 is 0 Å². The van der Waals surface area contributed by atoms with Crippen LogP contribution in [-0.2, 0) is 0 Å². The van der Waals surface area contributed by atoms with E-state index in [1.54, 1.807) is 6.07 Å². The molecule has 1 aliphatic heterocycles. The molecule has 0 spiro atoms. The summed E-state index contributed by atoms with van der Waals surface area (Å²) in [4.78, 5) is 13.2. The number of benzene rings is 1. The maximum atomic E-state index is 13.0. The van der Waals surface area contributed by atoms with Gasteiger partial charge in [-0.3, -0.25) is 4.79 Å². The molecule has 2 rings (SSSR count). The highest BCUT2D eigenvalue weighted by molar-refractivity contribution is 6.68. The zero-order valence-electron chi connectivity index (χ0n) is 8.17. The standard InChI is InChI=1S/C11H11ClFNO/c12-11(15)9-7-8(13)3-4-10(9)14-5-1-2-6-14/h3-4,7H,1-2,5-6H2. The van der Waals surface area contributed by atoms with Crippen molar-refractivity contribution in [1.82, 2.24) is 0 Å². The third-order valence-corrected chi connectivity index (χ3v) is 2.82. The second kappa shape index (κ2) is 4.19. The van der Waals surface area contributed by atoms with Gasteiger partial charge in [-0.1, -0.05) is 0 Å². The minimum Gasteiger partial charge on any atom is -0.371 e. The van der Waals surface area contributed by atoms with Crippen molar-refractivity contribution in [2.24, 2.45) is 0 Å². The zero-order valence-corrected chi connectivity index (χ0v) is 8.93. The van der Waals surface area contributed by atoms with E-state index in [2.05, 4.69) is 4.90 Å². The van der Waals surface area contributed by atoms with Crippen molar-refractivity contribution in [1.29, 1.82) is 0 Å². The van der Waals surface area contributed by atoms with Crippen LogP contribution in [0.5, 0.6) is 0 Å². The summed E-state index contributed by atoms with van der Waals surface area (Å²) in [6.07, 6.45) is 2.21. The van der Waals surface area contributed by atoms with Crippen molar-refractivity contribution >= 4 is 22.5 Å². The predicted octanol–water partition coefficient (Wildman–Crippen LogP) is 2.80. The zero-order chi connectivity index (χ0) is 10.8. The van der Waals surface area contributed by atoms with E-state index in [-0.39, 0.29) is 5.56 Å². The Balaban J connectivity index is 2.40. The number of hydrogen-bond donors (Lipinski definition) is 0. The molecule has 15 heavy (non-hydrogen) atoms. The molecule has 4 heteroatoms. The summed E-state index contributed by atoms with van der Waals surface area (Å²) in [5.41, 5.74) is 1.01. The maximum Gasteiger partial charge on any atom is 0.254 e. The lowest BCUT2D eigenvalue weighted by Gasteiger charge is -2.19. The van der Waals surface area contributed by atoms with Gasteiger partial charge in [-0.25, -0.2) is 4.39 Å². The first-order valence-corrected chi connectivity index (χ1v) is 5.30. The first-order chi connectivity index (χ1) is 7.18. The summed E-state index contributed by atoms with van der Waals surface area (Å²) in [6.45, 7) is 1.81. The molecule has 1 saturated heterocycles. The molecule has 0 atom stereocenters. The lowest BCUT2D eigenvalue weighted by Crippen LogP contribution is -2.20. The Kier molecular flexibility index (Phi) is 2.91. The number of nitrogens with zero attached hydrogens (tertiary/aromatic N) is 1. The van der Waals surface area contributed by atoms with Gasteiger partial charge >= 0.3 is 0 Å². The van der Waals surface area contributed by atoms with Crippen LogP contribution in [0.4, 0.5) is 10.1 Å². The minimum atomic E-state index is -0.601. The van der Waals surface area contributed by atoms with Crippen LogP contribution >= 0.6 is 11.6 Å². The van der Waals surface area contributed by atoms with Gasteiger partial charge in [0.25, 0.3) is 5.24 Å². The second-order valence-corrected chi connectivity index (χ2v) is 3.97. The van der Waals surface area contributed by atoms with Gasteiger partial charge in [0.1, 0.15) is 5.82 Å². The van der Waals surface area contributed by atoms with Crippen molar-refractivity contribution in [3.63, 3.8) is 0 Å². The van der Waals surface area contributed by atoms with Crippen molar-refractivity contribution in [3.05, 3.63) is 29.6 Å². The monoisotopic (exact) mass is 227 g/mol. The Hall–Kier alpha value is -1.09. The molecule has 0 N–H and O–H groups in total. The van der Waals surface area contributed by atoms with Gasteiger partial charge in [0, 0.05) is 18.8 Å². The van der Waals surface area contributed by atoms with Crippen LogP contribution in [-0.4, -0.2) is 18.3 Å². The smallest absolute Gasteiger partial charge is 0.254 e. The molecule has 1 heterocycles. The topological polar surface area (TPSA) is 20.3 Å². The molecule has 0 amide bonds. The first-order valence-electron chi connectivity index (χ1n) is 4.93. The minimum absolute atomic E-state index is 0.263. The average molecular weight is 228 g/mol. The number of carbonyl (C=O) groups is 1. The van der Waals surface area contributed by atoms with Gasteiger partial charge < -0.3 is 4.90 Å². The molecule has 0 aliphatic carbocycles. The van der Waals surface area contributed by atoms with Gasteiger partial charge in [0.15, 0.2) is 0 Å². The molecule has 1 aromatic rings. The Bertz CT molecular complexity index is 388. The van der Waals surface area contributed by atoms with E-state index < -0.39 is 11.1 Å². The summed E-state index contributed by atoms with van der Waals surface area (Å²) >= 11 is 5.43. The quantitative estimate of drug-likeness (QED) is 0.725. The van der Waals surface area contributed by atoms with E-state index in [1.165, 1.54) is 12.1 Å². The fourth-order valence-electron chi connectivity index (χ4n) is 1.90. The largest absolute Gasteiger partial charge is 0.371 e. The van der Waals surface area contributed by atoms with Crippen LogP contribution in [0.15, 0.2) is 18.2 Å². The molecule has 0 saturated carbocycles. The van der Waals surface area contributed by atoms with Crippen molar-refractivity contribution in [2.45, 2.75) is 12.8 Å². The lowest BCUT2D eigenvalue weighted by atomic mass is 10.1. The van der Waals surface area contributed by atoms with Crippen LogP contribution < -0.4 is 4.90 Å². The van der Waals surface area contributed by atoms with E-state index in [9.17, 15) is 9.18 Å². The molecule has 0 radical (unpaired) electrons. The highest BCUT2D eigenvalue weighted by Gasteiger charge is 2.18. The van der Waals surface area contributed by atoms with Crippen molar-refractivity contribution in [3.8, 4) is 0 Å². The molecule has 1 fully saturated rings. The number of carbonyl (C=O) groups excluding carboxylic acids is 1. The predicted molar refractivity (Wildman–Crippen MR) is 58.0 cm³/mol. The Morgan fingerprint density at radius 1 is 1.33 bits per heavy atom. The van der Waals surface area contributed by atoms with Gasteiger partial charge in [-0.2, -0.15) is 0 Å². The maximum absolute atomic E-state index is 13.0. The van der Waals surface area contributed by atoms with Crippen LogP contribution in [0.3, 0.4) is 0 Å². The molecular weight excluding hydrogens is 217 g/mol. The van der Waals surface area contributed by atoms with Crippen LogP contribution in [0.25, 0.3) is 0 Å². The highest BCUT2D eigenvalue weighted by Crippen LogP contribution is 2.26. The molecule has 2 nitrogen and oxygen atoms in total. The summed E-state index contributed by atoms with van der Waals surface area (Å²) in [5.74, 6) is -0.429. The fraction of sp³-hybridized carbons (Fsp3) is 0.364. The average Bonchev–Trinajstić information content (AvgIpc) is 2.70. The van der Waals surface area contributed by atoms with Gasteiger partial charge in [0.05, 0.1) is 5.56 Å². The lowest BCUT2D eigenvalue weighted by molar-refractivity contribution is 0.108. The highest BCUT2D eigenvalue weighted by atomic mass is 35.5. The van der Waals surface area contributed by atoms with Gasteiger partial charge in [0.2, 0.25) is 0 Å². The van der Waals surface area contributed by atoms with Crippen molar-refractivity contribution in [2.75, 3.05) is 18.0 Å². The van der Waals surface area contributed by atoms with E-state index in [1.807, 2.05) is 0 Å². The molecule has 1 aromatic carbocycles. The molecular formula is C11H11ClFNO. The normalized spacial score (nSPS) is 15.7. The number of rotatable bonds is 2. The summed E-state index contributed by atoms with van der Waals surface area (Å²) in [6, 6.07) is 4.18. The number of hydrogen-bond acceptors (Lipinski definition) is 2. The Morgan fingerprint density at radius 2 is 2.00 bits per heavy atom. The van der Waals surface area contributed by atoms with Crippen LogP contribution in [0, 0.1) is 5.82 Å². The molecule has 80 valence electrons. The SMILES string of the molecule is O=C(Cl)c1cc(F)ccc1N1CCCC1. The molecule has 0 bridgehead atoms. The molecule has 0 unspecified atom stereocenters. The van der Waals surface area contributed by atoms with Crippen molar-refractivity contribution < 1.29 is 9.18 Å². The van der Waals surface area contributed by atoms with Crippen LogP contribution in [0.2, 0.25) is 0 Å². The van der Waals surface area contributed by atoms with E-state index in [0.717, 1.165) is 31.6 Å². The second-order valence-electron chi connectivity index (χ2n) is 3.63. The Labute approximate surface area is 92.6 Å². The van der Waals surface area contributed by atoms with Gasteiger partial charge in [-0.05, 0) is 42.6 Å². The third-order valence-electron chi connectivity index (χ3n) is 2.62. The van der Waals surface area contributed by atoms with E-state index in [0.29, 0.717) is 0 Å². The molecule has 0 aromatic heterocycles. The molecule has 1 aliphatic rings. The summed E-state index contributed by atoms with van der Waals surface area (Å²) in [7, 11) is 0. The fourth-order valence-corrected chi connectivity index (χ4v) is 2.05. The third kappa shape index (κ3) is 2.12. The Morgan fingerprint density at radius 3 is 2.60 bits per heavy atom. The number of halogens is 2. The summed E-state index contributed by atoms with van der Waals surface area (Å²) in [5, 5.41) is -0.601. The number of anilines is 1. The van der Waals surface area contributed by atoms with E-state index in [4.69, 9.17) is 11.6 Å². The van der Waals surface area contributed by atoms with Gasteiger partial charge in [-0.15, -0.1) is 0 Å². The summed E-state index contributed by atoms with van der Waals surface area (Å²) < 4.78 is 13.0. The van der Waals surface area contributed by atoms with Crippen LogP contribution in [0.1, 0.15) is 23.2 Å².